The lowest BCUT2D eigenvalue weighted by molar-refractivity contribution is 0.247. The maximum Gasteiger partial charge on any atom is 0.166 e. The molecule has 0 aliphatic rings. The molecule has 1 aromatic rings. The van der Waals surface area contributed by atoms with Gasteiger partial charge >= 0.3 is 0 Å². The fourth-order valence-electron chi connectivity index (χ4n) is 1.20. The Bertz CT molecular complexity index is 329. The first-order valence-corrected chi connectivity index (χ1v) is 4.85. The van der Waals surface area contributed by atoms with E-state index in [1.165, 1.54) is 6.07 Å². The van der Waals surface area contributed by atoms with E-state index in [4.69, 9.17) is 5.11 Å². The molecular formula is C9H11BrFNO2. The Morgan fingerprint density at radius 3 is 2.71 bits per heavy atom. The van der Waals surface area contributed by atoms with Gasteiger partial charge in [0.25, 0.3) is 0 Å². The Kier molecular flexibility index (Phi) is 3.86. The van der Waals surface area contributed by atoms with Crippen LogP contribution in [0.25, 0.3) is 0 Å². The van der Waals surface area contributed by atoms with E-state index in [1.807, 2.05) is 0 Å². The second kappa shape index (κ2) is 4.72. The lowest BCUT2D eigenvalue weighted by Crippen LogP contribution is -2.20. The highest BCUT2D eigenvalue weighted by atomic mass is 79.9. The van der Waals surface area contributed by atoms with Gasteiger partial charge in [-0.3, -0.25) is 0 Å². The number of nitrogens with one attached hydrogen (secondary N) is 1. The first-order chi connectivity index (χ1) is 6.60. The zero-order valence-corrected chi connectivity index (χ0v) is 9.18. The number of aliphatic hydroxyl groups is 1. The van der Waals surface area contributed by atoms with Gasteiger partial charge in [0.2, 0.25) is 0 Å². The van der Waals surface area contributed by atoms with Gasteiger partial charge in [-0.2, -0.15) is 0 Å². The number of aromatic hydroxyl groups is 1. The molecule has 5 heteroatoms. The highest BCUT2D eigenvalue weighted by Gasteiger charge is 2.16. The molecule has 14 heavy (non-hydrogen) atoms. The Hall–Kier alpha value is -0.650. The smallest absolute Gasteiger partial charge is 0.166 e. The molecule has 0 aliphatic heterocycles. The number of aliphatic hydroxyl groups excluding tert-OH is 1. The van der Waals surface area contributed by atoms with Gasteiger partial charge in [-0.05, 0) is 19.2 Å². The largest absolute Gasteiger partial charge is 0.505 e. The molecule has 0 amide bonds. The van der Waals surface area contributed by atoms with Crippen molar-refractivity contribution in [1.82, 2.24) is 5.32 Å². The summed E-state index contributed by atoms with van der Waals surface area (Å²) in [6.45, 7) is -0.208. The molecule has 0 spiro atoms. The summed E-state index contributed by atoms with van der Waals surface area (Å²) in [6, 6.07) is 2.26. The van der Waals surface area contributed by atoms with E-state index in [1.54, 1.807) is 13.1 Å². The van der Waals surface area contributed by atoms with Crippen LogP contribution >= 0.6 is 15.9 Å². The van der Waals surface area contributed by atoms with E-state index in [0.717, 1.165) is 0 Å². The first-order valence-electron chi connectivity index (χ1n) is 4.06. The van der Waals surface area contributed by atoms with Crippen molar-refractivity contribution in [3.8, 4) is 5.75 Å². The Morgan fingerprint density at radius 2 is 2.21 bits per heavy atom. The number of benzene rings is 1. The summed E-state index contributed by atoms with van der Waals surface area (Å²) in [5.74, 6) is -1.13. The number of hydrogen-bond acceptors (Lipinski definition) is 3. The highest BCUT2D eigenvalue weighted by molar-refractivity contribution is 9.10. The van der Waals surface area contributed by atoms with E-state index < -0.39 is 17.6 Å². The summed E-state index contributed by atoms with van der Waals surface area (Å²) in [5.41, 5.74) is 0.335. The van der Waals surface area contributed by atoms with Crippen LogP contribution in [0.1, 0.15) is 11.6 Å². The monoisotopic (exact) mass is 263 g/mol. The molecule has 1 rings (SSSR count). The molecule has 0 fully saturated rings. The van der Waals surface area contributed by atoms with Gasteiger partial charge in [-0.1, -0.05) is 15.9 Å². The fourth-order valence-corrected chi connectivity index (χ4v) is 1.64. The molecule has 1 unspecified atom stereocenters. The van der Waals surface area contributed by atoms with E-state index in [2.05, 4.69) is 21.2 Å². The second-order valence-corrected chi connectivity index (χ2v) is 3.76. The Morgan fingerprint density at radius 1 is 1.57 bits per heavy atom. The van der Waals surface area contributed by atoms with E-state index in [9.17, 15) is 9.50 Å². The molecule has 0 heterocycles. The molecular weight excluding hydrogens is 253 g/mol. The van der Waals surface area contributed by atoms with Gasteiger partial charge in [0.1, 0.15) is 0 Å². The third-order valence-corrected chi connectivity index (χ3v) is 2.42. The van der Waals surface area contributed by atoms with E-state index in [-0.39, 0.29) is 6.61 Å². The summed E-state index contributed by atoms with van der Waals surface area (Å²) >= 11 is 3.11. The normalized spacial score (nSPS) is 12.9. The maximum absolute atomic E-state index is 13.1. The molecule has 78 valence electrons. The summed E-state index contributed by atoms with van der Waals surface area (Å²) in [6.07, 6.45) is 0. The van der Waals surface area contributed by atoms with Gasteiger partial charge in [0.05, 0.1) is 12.6 Å². The van der Waals surface area contributed by atoms with Crippen LogP contribution in [0.4, 0.5) is 4.39 Å². The second-order valence-electron chi connectivity index (χ2n) is 2.85. The number of likely N-dealkylation sites (N-methyl/N-ethyl adjacent to an activating group) is 1. The van der Waals surface area contributed by atoms with Crippen LogP contribution in [0.2, 0.25) is 0 Å². The third kappa shape index (κ3) is 2.23. The third-order valence-electron chi connectivity index (χ3n) is 1.96. The van der Waals surface area contributed by atoms with Crippen LogP contribution in [0.5, 0.6) is 5.75 Å². The lowest BCUT2D eigenvalue weighted by Gasteiger charge is -2.15. The number of phenolic OH excluding ortho intramolecular Hbond substituents is 1. The van der Waals surface area contributed by atoms with Crippen LogP contribution in [0, 0.1) is 5.82 Å². The van der Waals surface area contributed by atoms with Gasteiger partial charge in [-0.25, -0.2) is 4.39 Å². The molecule has 1 atom stereocenters. The number of rotatable bonds is 3. The van der Waals surface area contributed by atoms with Crippen molar-refractivity contribution in [1.29, 1.82) is 0 Å². The molecule has 3 nitrogen and oxygen atoms in total. The SMILES string of the molecule is CNC(CO)c1cc(Br)cc(F)c1O. The van der Waals surface area contributed by atoms with E-state index >= 15 is 0 Å². The minimum absolute atomic E-state index is 0.208. The van der Waals surface area contributed by atoms with E-state index in [0.29, 0.717) is 10.0 Å². The number of phenols is 1. The molecule has 1 aromatic carbocycles. The van der Waals surface area contributed by atoms with Crippen molar-refractivity contribution in [2.45, 2.75) is 6.04 Å². The zero-order valence-electron chi connectivity index (χ0n) is 7.59. The van der Waals surface area contributed by atoms with Crippen LogP contribution in [-0.2, 0) is 0 Å². The van der Waals surface area contributed by atoms with Crippen LogP contribution in [-0.4, -0.2) is 23.9 Å². The summed E-state index contributed by atoms with van der Waals surface area (Å²) in [7, 11) is 1.62. The fraction of sp³-hybridized carbons (Fsp3) is 0.333. The minimum atomic E-state index is -0.705. The predicted molar refractivity (Wildman–Crippen MR) is 54.7 cm³/mol. The van der Waals surface area contributed by atoms with Gasteiger partial charge in [0, 0.05) is 10.0 Å². The van der Waals surface area contributed by atoms with Crippen molar-refractivity contribution in [2.24, 2.45) is 0 Å². The van der Waals surface area contributed by atoms with Crippen molar-refractivity contribution >= 4 is 15.9 Å². The van der Waals surface area contributed by atoms with Gasteiger partial charge < -0.3 is 15.5 Å². The van der Waals surface area contributed by atoms with Crippen molar-refractivity contribution in [2.75, 3.05) is 13.7 Å². The number of hydrogen-bond donors (Lipinski definition) is 3. The van der Waals surface area contributed by atoms with Gasteiger partial charge in [-0.15, -0.1) is 0 Å². The Labute approximate surface area is 89.7 Å². The molecule has 0 radical (unpaired) electrons. The summed E-state index contributed by atoms with van der Waals surface area (Å²) in [5, 5.41) is 21.1. The Balaban J connectivity index is 3.18. The van der Waals surface area contributed by atoms with Crippen molar-refractivity contribution in [3.63, 3.8) is 0 Å². The molecule has 0 bridgehead atoms. The summed E-state index contributed by atoms with van der Waals surface area (Å²) < 4.78 is 13.6. The summed E-state index contributed by atoms with van der Waals surface area (Å²) in [4.78, 5) is 0. The topological polar surface area (TPSA) is 52.5 Å². The highest BCUT2D eigenvalue weighted by Crippen LogP contribution is 2.30. The van der Waals surface area contributed by atoms with Crippen molar-refractivity contribution < 1.29 is 14.6 Å². The molecule has 0 saturated carbocycles. The first kappa shape index (κ1) is 11.4. The predicted octanol–water partition coefficient (Wildman–Crippen LogP) is 1.55. The molecule has 0 aliphatic carbocycles. The van der Waals surface area contributed by atoms with Crippen LogP contribution in [0.3, 0.4) is 0 Å². The van der Waals surface area contributed by atoms with Gasteiger partial charge in [0.15, 0.2) is 11.6 Å². The molecule has 3 N–H and O–H groups in total. The number of halogens is 2. The van der Waals surface area contributed by atoms with Crippen LogP contribution < -0.4 is 5.32 Å². The quantitative estimate of drug-likeness (QED) is 0.776. The van der Waals surface area contributed by atoms with Crippen LogP contribution in [0.15, 0.2) is 16.6 Å². The zero-order chi connectivity index (χ0) is 10.7. The average molecular weight is 264 g/mol. The minimum Gasteiger partial charge on any atom is -0.505 e. The molecule has 0 aromatic heterocycles. The molecule has 0 saturated heterocycles. The lowest BCUT2D eigenvalue weighted by atomic mass is 10.1. The van der Waals surface area contributed by atoms with Crippen molar-refractivity contribution in [3.05, 3.63) is 28.0 Å². The standard InChI is InChI=1S/C9H11BrFNO2/c1-12-8(4-13)6-2-5(10)3-7(11)9(6)14/h2-3,8,12-14H,4H2,1H3. The average Bonchev–Trinajstić information content (AvgIpc) is 2.15. The maximum atomic E-state index is 13.1.